The van der Waals surface area contributed by atoms with Gasteiger partial charge < -0.3 is 15.0 Å². The Morgan fingerprint density at radius 1 is 1.30 bits per heavy atom. The second-order valence-electron chi connectivity index (χ2n) is 4.66. The molecule has 122 valence electrons. The van der Waals surface area contributed by atoms with Crippen LogP contribution in [-0.4, -0.2) is 32.7 Å². The number of sulfonamides is 1. The van der Waals surface area contributed by atoms with Gasteiger partial charge in [-0.1, -0.05) is 12.2 Å². The number of carbonyl (C=O) groups excluding carboxylic acids is 1. The van der Waals surface area contributed by atoms with Crippen molar-refractivity contribution in [1.29, 1.82) is 0 Å². The van der Waals surface area contributed by atoms with Gasteiger partial charge in [0.05, 0.1) is 24.6 Å². The van der Waals surface area contributed by atoms with Gasteiger partial charge in [0.15, 0.2) is 0 Å². The molecule has 0 atom stereocenters. The number of pyridine rings is 1. The lowest BCUT2D eigenvalue weighted by Gasteiger charge is -2.12. The van der Waals surface area contributed by atoms with Crippen LogP contribution in [0.2, 0.25) is 0 Å². The van der Waals surface area contributed by atoms with Crippen LogP contribution in [0.15, 0.2) is 36.5 Å². The normalized spacial score (nSPS) is 10.9. The summed E-state index contributed by atoms with van der Waals surface area (Å²) in [6.45, 7) is 0. The van der Waals surface area contributed by atoms with Crippen LogP contribution in [0.1, 0.15) is 10.4 Å². The summed E-state index contributed by atoms with van der Waals surface area (Å²) in [5, 5.41) is 2.68. The predicted octanol–water partition coefficient (Wildman–Crippen LogP) is 2.38. The van der Waals surface area contributed by atoms with Gasteiger partial charge in [-0.15, -0.1) is 0 Å². The van der Waals surface area contributed by atoms with Crippen molar-refractivity contribution in [3.05, 3.63) is 46.7 Å². The van der Waals surface area contributed by atoms with E-state index in [0.29, 0.717) is 15.9 Å². The molecule has 2 aromatic rings. The lowest BCUT2D eigenvalue weighted by molar-refractivity contribution is 0.102. The highest BCUT2D eigenvalue weighted by Gasteiger charge is 2.12. The first-order chi connectivity index (χ1) is 10.8. The molecule has 1 amide bonds. The molecule has 0 saturated carbocycles. The Hall–Kier alpha value is -2.39. The van der Waals surface area contributed by atoms with Crippen molar-refractivity contribution < 1.29 is 17.9 Å². The molecule has 7 nitrogen and oxygen atoms in total. The average molecular weight is 353 g/mol. The van der Waals surface area contributed by atoms with Crippen LogP contribution in [0.4, 0.5) is 11.4 Å². The van der Waals surface area contributed by atoms with Crippen molar-refractivity contribution in [1.82, 2.24) is 4.98 Å². The van der Waals surface area contributed by atoms with Gasteiger partial charge in [0.2, 0.25) is 10.0 Å². The minimum absolute atomic E-state index is 0.282. The van der Waals surface area contributed by atoms with Gasteiger partial charge in [0.25, 0.3) is 5.91 Å². The first kappa shape index (κ1) is 17.0. The molecule has 0 fully saturated rings. The number of rotatable bonds is 5. The number of aromatic amines is 1. The summed E-state index contributed by atoms with van der Waals surface area (Å²) < 4.78 is 30.4. The van der Waals surface area contributed by atoms with E-state index in [2.05, 4.69) is 15.0 Å². The number of amides is 1. The SMILES string of the molecule is COc1cc(NC(=O)c2ccc[nH]c2=S)ccc1NS(C)(=O)=O. The Bertz CT molecular complexity index is 891. The fourth-order valence-electron chi connectivity index (χ4n) is 1.85. The Kier molecular flexibility index (Phi) is 5.02. The highest BCUT2D eigenvalue weighted by atomic mass is 32.2. The van der Waals surface area contributed by atoms with Crippen molar-refractivity contribution in [2.45, 2.75) is 0 Å². The molecule has 0 saturated heterocycles. The molecular formula is C14H15N3O4S2. The number of anilines is 2. The molecule has 0 aliphatic rings. The van der Waals surface area contributed by atoms with Crippen LogP contribution in [-0.2, 0) is 10.0 Å². The Balaban J connectivity index is 2.26. The van der Waals surface area contributed by atoms with E-state index in [0.717, 1.165) is 6.26 Å². The van der Waals surface area contributed by atoms with Gasteiger partial charge in [-0.2, -0.15) is 0 Å². The van der Waals surface area contributed by atoms with E-state index in [9.17, 15) is 13.2 Å². The summed E-state index contributed by atoms with van der Waals surface area (Å²) in [4.78, 5) is 15.0. The number of methoxy groups -OCH3 is 1. The maximum Gasteiger partial charge on any atom is 0.258 e. The molecular weight excluding hydrogens is 338 g/mol. The Morgan fingerprint density at radius 3 is 2.65 bits per heavy atom. The zero-order valence-corrected chi connectivity index (χ0v) is 14.0. The summed E-state index contributed by atoms with van der Waals surface area (Å²) >= 11 is 5.06. The smallest absolute Gasteiger partial charge is 0.258 e. The number of H-pyrrole nitrogens is 1. The third-order valence-corrected chi connectivity index (χ3v) is 3.75. The van der Waals surface area contributed by atoms with Gasteiger partial charge in [-0.05, 0) is 24.3 Å². The summed E-state index contributed by atoms with van der Waals surface area (Å²) in [5.74, 6) is -0.0934. The van der Waals surface area contributed by atoms with Crippen molar-refractivity contribution in [2.24, 2.45) is 0 Å². The molecule has 0 radical (unpaired) electrons. The number of benzene rings is 1. The van der Waals surface area contributed by atoms with E-state index >= 15 is 0 Å². The molecule has 0 aliphatic heterocycles. The number of ether oxygens (including phenoxy) is 1. The van der Waals surface area contributed by atoms with Crippen LogP contribution in [0.25, 0.3) is 0 Å². The van der Waals surface area contributed by atoms with Crippen molar-refractivity contribution in [3.63, 3.8) is 0 Å². The molecule has 0 aliphatic carbocycles. The van der Waals surface area contributed by atoms with Crippen molar-refractivity contribution >= 4 is 39.5 Å². The summed E-state index contributed by atoms with van der Waals surface area (Å²) in [6.07, 6.45) is 2.67. The van der Waals surface area contributed by atoms with Crippen LogP contribution < -0.4 is 14.8 Å². The van der Waals surface area contributed by atoms with Gasteiger partial charge >= 0.3 is 0 Å². The van der Waals surface area contributed by atoms with E-state index in [1.54, 1.807) is 24.4 Å². The average Bonchev–Trinajstić information content (AvgIpc) is 2.47. The molecule has 23 heavy (non-hydrogen) atoms. The predicted molar refractivity (Wildman–Crippen MR) is 91.0 cm³/mol. The van der Waals surface area contributed by atoms with Crippen molar-refractivity contribution in [2.75, 3.05) is 23.4 Å². The van der Waals surface area contributed by atoms with Crippen LogP contribution in [0.5, 0.6) is 5.75 Å². The zero-order valence-electron chi connectivity index (χ0n) is 12.4. The van der Waals surface area contributed by atoms with Crippen molar-refractivity contribution in [3.8, 4) is 5.75 Å². The first-order valence-electron chi connectivity index (χ1n) is 6.45. The molecule has 9 heteroatoms. The molecule has 1 heterocycles. The first-order valence-corrected chi connectivity index (χ1v) is 8.75. The lowest BCUT2D eigenvalue weighted by atomic mass is 10.2. The number of hydrogen-bond donors (Lipinski definition) is 3. The standard InChI is InChI=1S/C14H15N3O4S2/c1-21-12-8-9(5-6-11(12)17-23(2,19)20)16-13(18)10-4-3-7-15-14(10)22/h3-8,17H,1-2H3,(H,15,22)(H,16,18). The van der Waals surface area contributed by atoms with Gasteiger partial charge in [0.1, 0.15) is 10.4 Å². The Labute approximate surface area is 138 Å². The maximum atomic E-state index is 12.2. The van der Waals surface area contributed by atoms with E-state index in [4.69, 9.17) is 17.0 Å². The highest BCUT2D eigenvalue weighted by molar-refractivity contribution is 7.92. The van der Waals surface area contributed by atoms with Crippen LogP contribution >= 0.6 is 12.2 Å². The molecule has 3 N–H and O–H groups in total. The van der Waals surface area contributed by atoms with E-state index < -0.39 is 10.0 Å². The van der Waals surface area contributed by atoms with E-state index in [-0.39, 0.29) is 17.3 Å². The highest BCUT2D eigenvalue weighted by Crippen LogP contribution is 2.28. The fraction of sp³-hybridized carbons (Fsp3) is 0.143. The number of nitrogens with one attached hydrogen (secondary N) is 3. The van der Waals surface area contributed by atoms with Crippen LogP contribution in [0.3, 0.4) is 0 Å². The summed E-state index contributed by atoms with van der Waals surface area (Å²) in [6, 6.07) is 7.85. The maximum absolute atomic E-state index is 12.2. The van der Waals surface area contributed by atoms with Gasteiger partial charge in [0, 0.05) is 18.0 Å². The van der Waals surface area contributed by atoms with E-state index in [1.807, 2.05) is 0 Å². The molecule has 1 aromatic heterocycles. The number of hydrogen-bond acceptors (Lipinski definition) is 5. The topological polar surface area (TPSA) is 100 Å². The number of aromatic nitrogens is 1. The summed E-state index contributed by atoms with van der Waals surface area (Å²) in [5.41, 5.74) is 1.06. The largest absolute Gasteiger partial charge is 0.494 e. The monoisotopic (exact) mass is 353 g/mol. The second kappa shape index (κ2) is 6.80. The molecule has 0 bridgehead atoms. The van der Waals surface area contributed by atoms with E-state index in [1.165, 1.54) is 19.2 Å². The molecule has 1 aromatic carbocycles. The second-order valence-corrected chi connectivity index (χ2v) is 6.81. The molecule has 2 rings (SSSR count). The van der Waals surface area contributed by atoms with Gasteiger partial charge in [-0.3, -0.25) is 9.52 Å². The molecule has 0 unspecified atom stereocenters. The quantitative estimate of drug-likeness (QED) is 0.717. The summed E-state index contributed by atoms with van der Waals surface area (Å²) in [7, 11) is -2.02. The lowest BCUT2D eigenvalue weighted by Crippen LogP contribution is -2.14. The Morgan fingerprint density at radius 2 is 2.04 bits per heavy atom. The fourth-order valence-corrected chi connectivity index (χ4v) is 2.65. The zero-order chi connectivity index (χ0) is 17.0. The van der Waals surface area contributed by atoms with Gasteiger partial charge in [-0.25, -0.2) is 8.42 Å². The molecule has 0 spiro atoms. The third-order valence-electron chi connectivity index (χ3n) is 2.82. The minimum Gasteiger partial charge on any atom is -0.494 e. The third kappa shape index (κ3) is 4.54. The van der Waals surface area contributed by atoms with Crippen LogP contribution in [0, 0.1) is 4.64 Å². The number of carbonyl (C=O) groups is 1. The minimum atomic E-state index is -3.43.